The second-order valence-corrected chi connectivity index (χ2v) is 5.81. The number of carbonyl (C=O) groups is 1. The summed E-state index contributed by atoms with van der Waals surface area (Å²) in [4.78, 5) is 14.6. The standard InChI is InChI=1S/C16H25N3O/c1-5-16(9-6-10-17-16)15(20)18-14-8-7-13(19(3)4)11-12(14)2/h7-8,11,17H,5-6,9-10H2,1-4H3,(H,18,20). The van der Waals surface area contributed by atoms with E-state index < -0.39 is 0 Å². The predicted molar refractivity (Wildman–Crippen MR) is 84.4 cm³/mol. The van der Waals surface area contributed by atoms with Crippen LogP contribution in [0.2, 0.25) is 0 Å². The van der Waals surface area contributed by atoms with Gasteiger partial charge in [-0.15, -0.1) is 0 Å². The van der Waals surface area contributed by atoms with Gasteiger partial charge in [0.05, 0.1) is 5.54 Å². The number of hydrogen-bond donors (Lipinski definition) is 2. The van der Waals surface area contributed by atoms with Crippen LogP contribution in [0.25, 0.3) is 0 Å². The highest BCUT2D eigenvalue weighted by Gasteiger charge is 2.39. The van der Waals surface area contributed by atoms with Gasteiger partial charge in [0, 0.05) is 25.5 Å². The Morgan fingerprint density at radius 1 is 1.45 bits per heavy atom. The van der Waals surface area contributed by atoms with Gasteiger partial charge < -0.3 is 15.5 Å². The van der Waals surface area contributed by atoms with Crippen molar-refractivity contribution in [2.75, 3.05) is 30.9 Å². The molecule has 0 spiro atoms. The zero-order valence-corrected chi connectivity index (χ0v) is 12.9. The molecule has 1 fully saturated rings. The summed E-state index contributed by atoms with van der Waals surface area (Å²) in [5.74, 6) is 0.0956. The Balaban J connectivity index is 2.15. The van der Waals surface area contributed by atoms with Crippen molar-refractivity contribution in [3.63, 3.8) is 0 Å². The van der Waals surface area contributed by atoms with E-state index in [0.717, 1.165) is 42.7 Å². The van der Waals surface area contributed by atoms with Crippen molar-refractivity contribution in [3.8, 4) is 0 Å². The van der Waals surface area contributed by atoms with E-state index in [1.807, 2.05) is 33.2 Å². The van der Waals surface area contributed by atoms with E-state index in [0.29, 0.717) is 0 Å². The Labute approximate surface area is 121 Å². The molecule has 20 heavy (non-hydrogen) atoms. The van der Waals surface area contributed by atoms with Crippen molar-refractivity contribution in [2.45, 2.75) is 38.6 Å². The summed E-state index contributed by atoms with van der Waals surface area (Å²) < 4.78 is 0. The summed E-state index contributed by atoms with van der Waals surface area (Å²) in [5, 5.41) is 6.46. The highest BCUT2D eigenvalue weighted by molar-refractivity contribution is 5.99. The van der Waals surface area contributed by atoms with Gasteiger partial charge in [-0.05, 0) is 56.5 Å². The largest absolute Gasteiger partial charge is 0.378 e. The fraction of sp³-hybridized carbons (Fsp3) is 0.562. The second kappa shape index (κ2) is 5.83. The molecule has 1 aromatic carbocycles. The van der Waals surface area contributed by atoms with Crippen LogP contribution in [0.5, 0.6) is 0 Å². The quantitative estimate of drug-likeness (QED) is 0.887. The van der Waals surface area contributed by atoms with Crippen LogP contribution in [0.3, 0.4) is 0 Å². The second-order valence-electron chi connectivity index (χ2n) is 5.81. The third-order valence-corrected chi connectivity index (χ3v) is 4.26. The van der Waals surface area contributed by atoms with Crippen molar-refractivity contribution in [2.24, 2.45) is 0 Å². The molecule has 0 radical (unpaired) electrons. The molecular weight excluding hydrogens is 250 g/mol. The molecule has 1 heterocycles. The lowest BCUT2D eigenvalue weighted by Crippen LogP contribution is -2.50. The Bertz CT molecular complexity index is 490. The zero-order valence-electron chi connectivity index (χ0n) is 12.9. The third kappa shape index (κ3) is 2.80. The molecule has 1 amide bonds. The molecule has 1 aliphatic rings. The van der Waals surface area contributed by atoms with Crippen molar-refractivity contribution >= 4 is 17.3 Å². The minimum atomic E-state index is -0.382. The van der Waals surface area contributed by atoms with Gasteiger partial charge in [-0.2, -0.15) is 0 Å². The Kier molecular flexibility index (Phi) is 4.33. The topological polar surface area (TPSA) is 44.4 Å². The van der Waals surface area contributed by atoms with Crippen molar-refractivity contribution in [1.82, 2.24) is 5.32 Å². The lowest BCUT2D eigenvalue weighted by molar-refractivity contribution is -0.122. The monoisotopic (exact) mass is 275 g/mol. The van der Waals surface area contributed by atoms with E-state index in [1.165, 1.54) is 0 Å². The van der Waals surface area contributed by atoms with Crippen molar-refractivity contribution in [3.05, 3.63) is 23.8 Å². The molecule has 1 atom stereocenters. The van der Waals surface area contributed by atoms with E-state index in [-0.39, 0.29) is 11.4 Å². The van der Waals surface area contributed by atoms with Crippen LogP contribution in [0.1, 0.15) is 31.7 Å². The van der Waals surface area contributed by atoms with Crippen molar-refractivity contribution in [1.29, 1.82) is 0 Å². The summed E-state index contributed by atoms with van der Waals surface area (Å²) in [6.07, 6.45) is 2.82. The summed E-state index contributed by atoms with van der Waals surface area (Å²) >= 11 is 0. The van der Waals surface area contributed by atoms with Gasteiger partial charge in [0.2, 0.25) is 5.91 Å². The third-order valence-electron chi connectivity index (χ3n) is 4.26. The molecular formula is C16H25N3O. The number of nitrogens with one attached hydrogen (secondary N) is 2. The van der Waals surface area contributed by atoms with E-state index in [2.05, 4.69) is 28.5 Å². The number of benzene rings is 1. The van der Waals surface area contributed by atoms with E-state index in [1.54, 1.807) is 0 Å². The lowest BCUT2D eigenvalue weighted by Gasteiger charge is -2.27. The molecule has 0 saturated carbocycles. The molecule has 110 valence electrons. The molecule has 2 N–H and O–H groups in total. The maximum atomic E-state index is 12.6. The number of nitrogens with zero attached hydrogens (tertiary/aromatic N) is 1. The number of amides is 1. The highest BCUT2D eigenvalue weighted by atomic mass is 16.2. The highest BCUT2D eigenvalue weighted by Crippen LogP contribution is 2.27. The number of carbonyl (C=O) groups excluding carboxylic acids is 1. The van der Waals surface area contributed by atoms with Crippen LogP contribution in [0.4, 0.5) is 11.4 Å². The first-order chi connectivity index (χ1) is 9.48. The van der Waals surface area contributed by atoms with Crippen LogP contribution < -0.4 is 15.5 Å². The van der Waals surface area contributed by atoms with Crippen LogP contribution in [0, 0.1) is 6.92 Å². The molecule has 1 aromatic rings. The Morgan fingerprint density at radius 3 is 2.70 bits per heavy atom. The molecule has 4 heteroatoms. The van der Waals surface area contributed by atoms with Crippen LogP contribution in [0.15, 0.2) is 18.2 Å². The maximum absolute atomic E-state index is 12.6. The zero-order chi connectivity index (χ0) is 14.8. The average molecular weight is 275 g/mol. The number of anilines is 2. The van der Waals surface area contributed by atoms with Gasteiger partial charge in [0.25, 0.3) is 0 Å². The van der Waals surface area contributed by atoms with Gasteiger partial charge in [0.15, 0.2) is 0 Å². The van der Waals surface area contributed by atoms with Gasteiger partial charge in [-0.1, -0.05) is 6.92 Å². The number of rotatable bonds is 4. The minimum Gasteiger partial charge on any atom is -0.378 e. The van der Waals surface area contributed by atoms with Crippen LogP contribution in [-0.2, 0) is 4.79 Å². The molecule has 1 aliphatic heterocycles. The molecule has 0 bridgehead atoms. The average Bonchev–Trinajstić information content (AvgIpc) is 2.90. The minimum absolute atomic E-state index is 0.0956. The first kappa shape index (κ1) is 14.9. The fourth-order valence-corrected chi connectivity index (χ4v) is 2.77. The van der Waals surface area contributed by atoms with Gasteiger partial charge in [-0.3, -0.25) is 4.79 Å². The smallest absolute Gasteiger partial charge is 0.244 e. The predicted octanol–water partition coefficient (Wildman–Crippen LogP) is 2.53. The van der Waals surface area contributed by atoms with Crippen LogP contribution in [-0.4, -0.2) is 32.1 Å². The normalized spacial score (nSPS) is 21.8. The lowest BCUT2D eigenvalue weighted by atomic mass is 9.93. The van der Waals surface area contributed by atoms with E-state index in [4.69, 9.17) is 0 Å². The molecule has 1 saturated heterocycles. The maximum Gasteiger partial charge on any atom is 0.244 e. The molecule has 1 unspecified atom stereocenters. The summed E-state index contributed by atoms with van der Waals surface area (Å²) in [7, 11) is 4.03. The summed E-state index contributed by atoms with van der Waals surface area (Å²) in [6.45, 7) is 5.03. The molecule has 0 aromatic heterocycles. The number of aryl methyl sites for hydroxylation is 1. The SMILES string of the molecule is CCC1(C(=O)Nc2ccc(N(C)C)cc2C)CCCN1. The Morgan fingerprint density at radius 2 is 2.20 bits per heavy atom. The van der Waals surface area contributed by atoms with Crippen LogP contribution >= 0.6 is 0 Å². The molecule has 2 rings (SSSR count). The van der Waals surface area contributed by atoms with Gasteiger partial charge in [-0.25, -0.2) is 0 Å². The molecule has 0 aliphatic carbocycles. The summed E-state index contributed by atoms with van der Waals surface area (Å²) in [6, 6.07) is 6.11. The van der Waals surface area contributed by atoms with Crippen molar-refractivity contribution < 1.29 is 4.79 Å². The van der Waals surface area contributed by atoms with E-state index >= 15 is 0 Å². The van der Waals surface area contributed by atoms with E-state index in [9.17, 15) is 4.79 Å². The Hall–Kier alpha value is -1.55. The first-order valence-corrected chi connectivity index (χ1v) is 7.33. The first-order valence-electron chi connectivity index (χ1n) is 7.33. The fourth-order valence-electron chi connectivity index (χ4n) is 2.77. The molecule has 4 nitrogen and oxygen atoms in total. The van der Waals surface area contributed by atoms with Gasteiger partial charge >= 0.3 is 0 Å². The van der Waals surface area contributed by atoms with Gasteiger partial charge in [0.1, 0.15) is 0 Å². The summed E-state index contributed by atoms with van der Waals surface area (Å²) in [5.41, 5.74) is 2.76. The number of hydrogen-bond acceptors (Lipinski definition) is 3.